The number of amides is 2. The molecule has 0 saturated carbocycles. The average molecular weight is 599 g/mol. The number of carbonyl (C=O) groups is 4. The van der Waals surface area contributed by atoms with Gasteiger partial charge in [-0.25, -0.2) is 4.79 Å². The van der Waals surface area contributed by atoms with Gasteiger partial charge in [0.05, 0.1) is 11.3 Å². The Labute approximate surface area is 257 Å². The van der Waals surface area contributed by atoms with Crippen molar-refractivity contribution < 1.29 is 23.9 Å². The summed E-state index contributed by atoms with van der Waals surface area (Å²) in [6.07, 6.45) is 1.61. The molecule has 5 rings (SSSR count). The monoisotopic (exact) mass is 598 g/mol. The Hall–Kier alpha value is -3.91. The van der Waals surface area contributed by atoms with Crippen LogP contribution in [0, 0.1) is 5.92 Å². The van der Waals surface area contributed by atoms with Crippen LogP contribution in [0.3, 0.4) is 0 Å². The van der Waals surface area contributed by atoms with Crippen LogP contribution in [0.25, 0.3) is 0 Å². The van der Waals surface area contributed by atoms with Crippen LogP contribution in [0.2, 0.25) is 0 Å². The molecule has 1 N–H and O–H groups in total. The Bertz CT molecular complexity index is 1420. The van der Waals surface area contributed by atoms with E-state index in [1.165, 1.54) is 6.92 Å². The van der Waals surface area contributed by atoms with Gasteiger partial charge in [-0.3, -0.25) is 14.4 Å². The maximum atomic E-state index is 14.4. The number of carbonyl (C=O) groups excluding carboxylic acids is 4. The van der Waals surface area contributed by atoms with E-state index in [0.717, 1.165) is 40.4 Å². The molecule has 1 fully saturated rings. The molecule has 0 radical (unpaired) electrons. The van der Waals surface area contributed by atoms with Crippen molar-refractivity contribution in [3.8, 4) is 0 Å². The number of ether oxygens (including phenoxy) is 1. The summed E-state index contributed by atoms with van der Waals surface area (Å²) < 4.78 is 6.26. The van der Waals surface area contributed by atoms with Crippen LogP contribution < -0.4 is 5.32 Å². The normalized spacial score (nSPS) is 20.5. The summed E-state index contributed by atoms with van der Waals surface area (Å²) in [6.45, 7) is 5.20. The van der Waals surface area contributed by atoms with Crippen molar-refractivity contribution in [1.29, 1.82) is 0 Å². The predicted molar refractivity (Wildman–Crippen MR) is 167 cm³/mol. The van der Waals surface area contributed by atoms with Crippen molar-refractivity contribution in [1.82, 2.24) is 10.2 Å². The molecule has 4 atom stereocenters. The Balaban J connectivity index is 1.47. The number of rotatable bonds is 8. The zero-order chi connectivity index (χ0) is 30.5. The molecule has 3 aromatic carbocycles. The van der Waals surface area contributed by atoms with Gasteiger partial charge in [-0.2, -0.15) is 0 Å². The smallest absolute Gasteiger partial charge is 0.329 e. The van der Waals surface area contributed by atoms with E-state index < -0.39 is 29.4 Å². The zero-order valence-electron chi connectivity index (χ0n) is 24.8. The summed E-state index contributed by atoms with van der Waals surface area (Å²) in [6, 6.07) is 25.1. The third kappa shape index (κ3) is 6.85. The van der Waals surface area contributed by atoms with E-state index >= 15 is 0 Å². The van der Waals surface area contributed by atoms with Gasteiger partial charge in [0, 0.05) is 13.3 Å². The molecular formula is C35H38N2O5S. The van der Waals surface area contributed by atoms with Crippen molar-refractivity contribution in [2.24, 2.45) is 5.92 Å². The van der Waals surface area contributed by atoms with Crippen LogP contribution in [0.5, 0.6) is 0 Å². The van der Waals surface area contributed by atoms with Gasteiger partial charge < -0.3 is 15.0 Å². The summed E-state index contributed by atoms with van der Waals surface area (Å²) in [7, 11) is 0. The number of hydrogen-bond donors (Lipinski definition) is 1. The SMILES string of the molecule is CC(=O)S[C@@H](C(=O)N[C@H]1Cc2ccccc2C2CCC[C@@H](C(=O)OC(c3ccccc3)c3ccccc3)N2C1=O)C(C)C. The van der Waals surface area contributed by atoms with E-state index in [4.69, 9.17) is 4.74 Å². The number of nitrogens with zero attached hydrogens (tertiary/aromatic N) is 1. The highest BCUT2D eigenvalue weighted by Gasteiger charge is 2.46. The number of thioether (sulfide) groups is 1. The van der Waals surface area contributed by atoms with Gasteiger partial charge in [0.15, 0.2) is 11.2 Å². The Kier molecular flexibility index (Phi) is 9.65. The van der Waals surface area contributed by atoms with Crippen LogP contribution in [0.15, 0.2) is 84.9 Å². The number of esters is 1. The minimum Gasteiger partial charge on any atom is -0.451 e. The fourth-order valence-electron chi connectivity index (χ4n) is 6.19. The second kappa shape index (κ2) is 13.6. The van der Waals surface area contributed by atoms with Crippen LogP contribution in [-0.2, 0) is 30.3 Å². The lowest BCUT2D eigenvalue weighted by Gasteiger charge is -2.42. The molecule has 1 saturated heterocycles. The van der Waals surface area contributed by atoms with E-state index in [1.54, 1.807) is 4.90 Å². The first-order valence-electron chi connectivity index (χ1n) is 14.9. The van der Waals surface area contributed by atoms with Gasteiger partial charge in [0.25, 0.3) is 0 Å². The van der Waals surface area contributed by atoms with Gasteiger partial charge >= 0.3 is 5.97 Å². The van der Waals surface area contributed by atoms with E-state index in [9.17, 15) is 19.2 Å². The van der Waals surface area contributed by atoms with Crippen molar-refractivity contribution in [2.45, 2.75) is 75.9 Å². The first-order chi connectivity index (χ1) is 20.7. The second-order valence-electron chi connectivity index (χ2n) is 11.6. The van der Waals surface area contributed by atoms with Gasteiger partial charge in [-0.05, 0) is 47.4 Å². The average Bonchev–Trinajstić information content (AvgIpc) is 3.13. The Morgan fingerprint density at radius 3 is 2.09 bits per heavy atom. The lowest BCUT2D eigenvalue weighted by Crippen LogP contribution is -2.57. The molecule has 1 unspecified atom stereocenters. The number of fused-ring (bicyclic) bond motifs is 3. The molecule has 0 spiro atoms. The number of benzene rings is 3. The summed E-state index contributed by atoms with van der Waals surface area (Å²) in [5, 5.41) is 2.18. The lowest BCUT2D eigenvalue weighted by molar-refractivity contribution is -0.163. The van der Waals surface area contributed by atoms with Gasteiger partial charge in [-0.15, -0.1) is 0 Å². The van der Waals surface area contributed by atoms with Crippen molar-refractivity contribution >= 4 is 34.7 Å². The first kappa shape index (κ1) is 30.5. The molecule has 2 aliphatic heterocycles. The topological polar surface area (TPSA) is 92.8 Å². The van der Waals surface area contributed by atoms with Crippen LogP contribution in [-0.4, -0.2) is 45.1 Å². The van der Waals surface area contributed by atoms with Crippen LogP contribution in [0.1, 0.15) is 74.4 Å². The van der Waals surface area contributed by atoms with E-state index in [0.29, 0.717) is 19.3 Å². The molecule has 2 aliphatic rings. The quantitative estimate of drug-likeness (QED) is 0.330. The molecule has 0 aliphatic carbocycles. The zero-order valence-corrected chi connectivity index (χ0v) is 25.6. The second-order valence-corrected chi connectivity index (χ2v) is 12.9. The number of nitrogens with one attached hydrogen (secondary N) is 1. The van der Waals surface area contributed by atoms with Crippen LogP contribution >= 0.6 is 11.8 Å². The highest BCUT2D eigenvalue weighted by molar-refractivity contribution is 8.14. The van der Waals surface area contributed by atoms with E-state index in [1.807, 2.05) is 98.8 Å². The molecular weight excluding hydrogens is 560 g/mol. The van der Waals surface area contributed by atoms with E-state index in [-0.39, 0.29) is 28.9 Å². The lowest BCUT2D eigenvalue weighted by atomic mass is 9.89. The predicted octanol–water partition coefficient (Wildman–Crippen LogP) is 5.79. The van der Waals surface area contributed by atoms with Crippen LogP contribution in [0.4, 0.5) is 0 Å². The fraction of sp³-hybridized carbons (Fsp3) is 0.371. The summed E-state index contributed by atoms with van der Waals surface area (Å²) in [5.74, 6) is -1.23. The molecule has 2 amide bonds. The molecule has 43 heavy (non-hydrogen) atoms. The van der Waals surface area contributed by atoms with Gasteiger partial charge in [0.1, 0.15) is 12.1 Å². The van der Waals surface area contributed by atoms with Gasteiger partial charge in [0.2, 0.25) is 11.8 Å². The minimum absolute atomic E-state index is 0.111. The summed E-state index contributed by atoms with van der Waals surface area (Å²) in [5.41, 5.74) is 3.64. The highest BCUT2D eigenvalue weighted by atomic mass is 32.2. The fourth-order valence-corrected chi connectivity index (χ4v) is 7.00. The molecule has 224 valence electrons. The standard InChI is InChI=1S/C35H38N2O5S/c1-22(2)32(43-23(3)38)33(39)36-28-21-26-17-10-11-18-27(26)29-19-12-20-30(37(29)34(28)40)35(41)42-31(24-13-6-4-7-14-24)25-15-8-5-9-16-25/h4-11,13-18,22,28-32H,12,19-21H2,1-3H3,(H,36,39)/t28-,29?,30-,32+/m0/s1. The number of piperidine rings is 1. The van der Waals surface area contributed by atoms with Crippen molar-refractivity contribution in [2.75, 3.05) is 0 Å². The maximum Gasteiger partial charge on any atom is 0.329 e. The maximum absolute atomic E-state index is 14.4. The highest BCUT2D eigenvalue weighted by Crippen LogP contribution is 2.40. The molecule has 7 nitrogen and oxygen atoms in total. The summed E-state index contributed by atoms with van der Waals surface area (Å²) in [4.78, 5) is 55.5. The third-order valence-corrected chi connectivity index (χ3v) is 9.55. The summed E-state index contributed by atoms with van der Waals surface area (Å²) >= 11 is 0.977. The molecule has 2 heterocycles. The van der Waals surface area contributed by atoms with E-state index in [2.05, 4.69) is 5.32 Å². The Morgan fingerprint density at radius 2 is 1.49 bits per heavy atom. The van der Waals surface area contributed by atoms with Crippen molar-refractivity contribution in [3.05, 3.63) is 107 Å². The molecule has 8 heteroatoms. The number of hydrogen-bond acceptors (Lipinski definition) is 6. The molecule has 0 aromatic heterocycles. The largest absolute Gasteiger partial charge is 0.451 e. The van der Waals surface area contributed by atoms with Crippen molar-refractivity contribution in [3.63, 3.8) is 0 Å². The first-order valence-corrected chi connectivity index (χ1v) is 15.8. The Morgan fingerprint density at radius 1 is 0.884 bits per heavy atom. The molecule has 3 aromatic rings. The van der Waals surface area contributed by atoms with Gasteiger partial charge in [-0.1, -0.05) is 111 Å². The minimum atomic E-state index is -0.875. The molecule has 0 bridgehead atoms. The third-order valence-electron chi connectivity index (χ3n) is 8.20.